The molecule has 4 heteroatoms. The van der Waals surface area contributed by atoms with Crippen LogP contribution in [-0.2, 0) is 0 Å². The molecular formula is C58H36N2S2. The van der Waals surface area contributed by atoms with E-state index in [4.69, 9.17) is 0 Å². The average Bonchev–Trinajstić information content (AvgIpc) is 4.02. The Morgan fingerprint density at radius 3 is 1.87 bits per heavy atom. The Hall–Kier alpha value is -7.50. The molecule has 0 saturated carbocycles. The minimum Gasteiger partial charge on any atom is -0.309 e. The van der Waals surface area contributed by atoms with E-state index in [0.717, 1.165) is 17.1 Å². The average molecular weight is 825 g/mol. The first-order valence-corrected chi connectivity index (χ1v) is 22.7. The molecule has 10 aromatic carbocycles. The van der Waals surface area contributed by atoms with Crippen molar-refractivity contribution < 1.29 is 0 Å². The molecular weight excluding hydrogens is 789 g/mol. The van der Waals surface area contributed by atoms with E-state index in [2.05, 4.69) is 228 Å². The number of para-hydroxylation sites is 1. The van der Waals surface area contributed by atoms with Gasteiger partial charge in [0.25, 0.3) is 0 Å². The van der Waals surface area contributed by atoms with Gasteiger partial charge in [-0.1, -0.05) is 158 Å². The fraction of sp³-hybridized carbons (Fsp3) is 0. The molecule has 0 fully saturated rings. The van der Waals surface area contributed by atoms with Gasteiger partial charge in [0.15, 0.2) is 0 Å². The zero-order valence-electron chi connectivity index (χ0n) is 33.5. The number of nitrogens with zero attached hydrogens (tertiary/aromatic N) is 2. The van der Waals surface area contributed by atoms with Crippen molar-refractivity contribution in [2.45, 2.75) is 0 Å². The van der Waals surface area contributed by atoms with Crippen LogP contribution in [0.4, 0.5) is 17.1 Å². The maximum Gasteiger partial charge on any atom is 0.0640 e. The van der Waals surface area contributed by atoms with Crippen LogP contribution in [0.15, 0.2) is 218 Å². The summed E-state index contributed by atoms with van der Waals surface area (Å²) in [6, 6.07) is 80.4. The van der Waals surface area contributed by atoms with E-state index in [0.29, 0.717) is 0 Å². The molecule has 0 N–H and O–H groups in total. The second-order valence-corrected chi connectivity index (χ2v) is 18.2. The summed E-state index contributed by atoms with van der Waals surface area (Å²) in [7, 11) is 0. The SMILES string of the molecule is c1ccc(-c2cccc3c2sc2c(N(c4ccc(-c5ccc6c7ccc8ccccc8c7n(-c7ccccc7)c6c5)cc4)c4ccc5sc6ccccc6c5c4)cccc23)cc1. The van der Waals surface area contributed by atoms with Crippen LogP contribution in [-0.4, -0.2) is 4.57 Å². The molecule has 290 valence electrons. The molecule has 0 atom stereocenters. The Bertz CT molecular complexity index is 3860. The summed E-state index contributed by atoms with van der Waals surface area (Å²) < 4.78 is 7.65. The maximum atomic E-state index is 2.47. The van der Waals surface area contributed by atoms with Crippen LogP contribution in [0, 0.1) is 0 Å². The van der Waals surface area contributed by atoms with Crippen molar-refractivity contribution in [3.05, 3.63) is 218 Å². The van der Waals surface area contributed by atoms with Gasteiger partial charge in [0.1, 0.15) is 0 Å². The van der Waals surface area contributed by atoms with Gasteiger partial charge in [-0.25, -0.2) is 0 Å². The van der Waals surface area contributed by atoms with Gasteiger partial charge in [-0.2, -0.15) is 0 Å². The molecule has 2 nitrogen and oxygen atoms in total. The summed E-state index contributed by atoms with van der Waals surface area (Å²) in [5.41, 5.74) is 11.9. The largest absolute Gasteiger partial charge is 0.309 e. The van der Waals surface area contributed by atoms with Crippen LogP contribution >= 0.6 is 22.7 Å². The van der Waals surface area contributed by atoms with Gasteiger partial charge in [-0.3, -0.25) is 0 Å². The zero-order valence-corrected chi connectivity index (χ0v) is 35.1. The third-order valence-electron chi connectivity index (χ3n) is 12.6. The molecule has 0 spiro atoms. The minimum atomic E-state index is 1.12. The standard InChI is InChI=1S/C58H36N2S2/c1-3-13-38(14-4-1)45-20-11-21-49-50-22-12-23-52(58(50)62-57(45)49)59(43-31-34-55-51(36-43)47-19-9-10-24-54(47)61-55)42-29-25-37(26-30-42)40-28-32-46-48-33-27-39-15-7-8-18-44(39)56(48)60(53(46)35-40)41-16-5-2-6-17-41/h1-36H. The topological polar surface area (TPSA) is 8.17 Å². The van der Waals surface area contributed by atoms with E-state index in [1.807, 2.05) is 22.7 Å². The highest BCUT2D eigenvalue weighted by Gasteiger charge is 2.21. The molecule has 3 heterocycles. The van der Waals surface area contributed by atoms with Crippen LogP contribution in [0.5, 0.6) is 0 Å². The number of rotatable bonds is 6. The summed E-state index contributed by atoms with van der Waals surface area (Å²) in [5.74, 6) is 0. The number of aromatic nitrogens is 1. The van der Waals surface area contributed by atoms with Crippen LogP contribution in [0.2, 0.25) is 0 Å². The smallest absolute Gasteiger partial charge is 0.0640 e. The van der Waals surface area contributed by atoms with Crippen molar-refractivity contribution in [2.75, 3.05) is 4.90 Å². The third-order valence-corrected chi connectivity index (χ3v) is 15.0. The molecule has 13 aromatic rings. The van der Waals surface area contributed by atoms with Crippen molar-refractivity contribution in [1.82, 2.24) is 4.57 Å². The number of benzene rings is 10. The highest BCUT2D eigenvalue weighted by Crippen LogP contribution is 2.48. The van der Waals surface area contributed by atoms with Crippen molar-refractivity contribution >= 4 is 113 Å². The monoisotopic (exact) mass is 824 g/mol. The van der Waals surface area contributed by atoms with E-state index in [1.54, 1.807) is 0 Å². The van der Waals surface area contributed by atoms with Gasteiger partial charge >= 0.3 is 0 Å². The lowest BCUT2D eigenvalue weighted by molar-refractivity contribution is 1.19. The first-order valence-electron chi connectivity index (χ1n) is 21.1. The lowest BCUT2D eigenvalue weighted by atomic mass is 10.0. The van der Waals surface area contributed by atoms with E-state index >= 15 is 0 Å². The van der Waals surface area contributed by atoms with E-state index < -0.39 is 0 Å². The molecule has 0 aliphatic carbocycles. The molecule has 0 amide bonds. The molecule has 62 heavy (non-hydrogen) atoms. The Morgan fingerprint density at radius 1 is 0.355 bits per heavy atom. The molecule has 0 aliphatic rings. The molecule has 0 bridgehead atoms. The Labute approximate surface area is 366 Å². The fourth-order valence-electron chi connectivity index (χ4n) is 9.71. The van der Waals surface area contributed by atoms with Crippen LogP contribution in [0.25, 0.3) is 101 Å². The highest BCUT2D eigenvalue weighted by atomic mass is 32.1. The number of hydrogen-bond acceptors (Lipinski definition) is 3. The third kappa shape index (κ3) is 5.47. The van der Waals surface area contributed by atoms with Crippen LogP contribution in [0.3, 0.4) is 0 Å². The van der Waals surface area contributed by atoms with E-state index in [1.165, 1.54) is 101 Å². The predicted octanol–water partition coefficient (Wildman–Crippen LogP) is 17.5. The summed E-state index contributed by atoms with van der Waals surface area (Å²) in [4.78, 5) is 2.47. The van der Waals surface area contributed by atoms with Gasteiger partial charge in [0.2, 0.25) is 0 Å². The molecule has 3 aromatic heterocycles. The molecule has 0 aliphatic heterocycles. The summed E-state index contributed by atoms with van der Waals surface area (Å²) in [6.45, 7) is 0. The summed E-state index contributed by atoms with van der Waals surface area (Å²) in [6.07, 6.45) is 0. The maximum absolute atomic E-state index is 2.47. The quantitative estimate of drug-likeness (QED) is 0.162. The summed E-state index contributed by atoms with van der Waals surface area (Å²) >= 11 is 3.76. The zero-order chi connectivity index (χ0) is 40.7. The number of hydrogen-bond donors (Lipinski definition) is 0. The van der Waals surface area contributed by atoms with Gasteiger partial charge in [-0.05, 0) is 88.3 Å². The van der Waals surface area contributed by atoms with Gasteiger partial charge < -0.3 is 9.47 Å². The van der Waals surface area contributed by atoms with Gasteiger partial charge in [-0.15, -0.1) is 22.7 Å². The molecule has 0 unspecified atom stereocenters. The number of thiophene rings is 2. The van der Waals surface area contributed by atoms with Crippen LogP contribution < -0.4 is 4.90 Å². The Balaban J connectivity index is 0.994. The minimum absolute atomic E-state index is 1.12. The van der Waals surface area contributed by atoms with Crippen molar-refractivity contribution in [2.24, 2.45) is 0 Å². The second kappa shape index (κ2) is 14.0. The Morgan fingerprint density at radius 2 is 1.02 bits per heavy atom. The van der Waals surface area contributed by atoms with E-state index in [-0.39, 0.29) is 0 Å². The first-order chi connectivity index (χ1) is 30.7. The van der Waals surface area contributed by atoms with Gasteiger partial charge in [0, 0.05) is 68.9 Å². The molecule has 0 saturated heterocycles. The lowest BCUT2D eigenvalue weighted by Gasteiger charge is -2.26. The van der Waals surface area contributed by atoms with Crippen molar-refractivity contribution in [3.8, 4) is 27.9 Å². The number of anilines is 3. The Kier molecular flexibility index (Phi) is 7.99. The highest BCUT2D eigenvalue weighted by molar-refractivity contribution is 7.27. The van der Waals surface area contributed by atoms with Crippen molar-refractivity contribution in [1.29, 1.82) is 0 Å². The van der Waals surface area contributed by atoms with Gasteiger partial charge in [0.05, 0.1) is 21.4 Å². The number of fused-ring (bicyclic) bond motifs is 11. The normalized spacial score (nSPS) is 11.9. The van der Waals surface area contributed by atoms with E-state index in [9.17, 15) is 0 Å². The predicted molar refractivity (Wildman–Crippen MR) is 270 cm³/mol. The summed E-state index contributed by atoms with van der Waals surface area (Å²) in [5, 5.41) is 10.2. The lowest BCUT2D eigenvalue weighted by Crippen LogP contribution is -2.10. The van der Waals surface area contributed by atoms with Crippen LogP contribution in [0.1, 0.15) is 0 Å². The molecule has 13 rings (SSSR count). The van der Waals surface area contributed by atoms with Crippen molar-refractivity contribution in [3.63, 3.8) is 0 Å². The molecule has 0 radical (unpaired) electrons. The first kappa shape index (κ1) is 35.3. The second-order valence-electron chi connectivity index (χ2n) is 16.1. The fourth-order valence-corrected chi connectivity index (χ4v) is 12.1.